The number of hydrogen-bond acceptors (Lipinski definition) is 6. The fourth-order valence-electron chi connectivity index (χ4n) is 2.53. The van der Waals surface area contributed by atoms with Crippen molar-refractivity contribution < 1.29 is 4.79 Å². The van der Waals surface area contributed by atoms with Gasteiger partial charge in [0.05, 0.1) is 0 Å². The molecule has 2 heterocycles. The van der Waals surface area contributed by atoms with Crippen LogP contribution >= 0.6 is 11.3 Å². The van der Waals surface area contributed by atoms with Crippen LogP contribution in [-0.2, 0) is 11.3 Å². The fourth-order valence-corrected chi connectivity index (χ4v) is 3.30. The first kappa shape index (κ1) is 17.5. The Morgan fingerprint density at radius 1 is 1.27 bits per heavy atom. The van der Waals surface area contributed by atoms with Crippen molar-refractivity contribution in [2.75, 3.05) is 5.32 Å². The number of nitriles is 1. The average Bonchev–Trinajstić information content (AvgIpc) is 3.08. The lowest BCUT2D eigenvalue weighted by Crippen LogP contribution is -2.31. The van der Waals surface area contributed by atoms with Gasteiger partial charge in [0.2, 0.25) is 11.0 Å². The van der Waals surface area contributed by atoms with E-state index in [1.54, 1.807) is 19.9 Å². The number of amides is 1. The number of carbonyl (C=O) groups is 1. The number of pyridine rings is 1. The third kappa shape index (κ3) is 3.53. The number of nitrogens with one attached hydrogen (secondary N) is 1. The molecule has 0 aliphatic rings. The molecule has 0 fully saturated rings. The summed E-state index contributed by atoms with van der Waals surface area (Å²) in [5, 5.41) is 20.8. The molecule has 0 aliphatic carbocycles. The summed E-state index contributed by atoms with van der Waals surface area (Å²) in [6.07, 6.45) is 0. The number of rotatable bonds is 4. The van der Waals surface area contributed by atoms with Crippen molar-refractivity contribution in [3.05, 3.63) is 63.6 Å². The molecule has 8 heteroatoms. The van der Waals surface area contributed by atoms with Gasteiger partial charge < -0.3 is 4.57 Å². The Balaban J connectivity index is 1.78. The van der Waals surface area contributed by atoms with E-state index in [2.05, 4.69) is 15.5 Å². The molecular weight excluding hydrogens is 350 g/mol. The number of benzene rings is 1. The van der Waals surface area contributed by atoms with Crippen molar-refractivity contribution in [3.8, 4) is 16.6 Å². The molecule has 0 bridgehead atoms. The fraction of sp³-hybridized carbons (Fsp3) is 0.167. The highest BCUT2D eigenvalue weighted by atomic mass is 32.1. The van der Waals surface area contributed by atoms with Crippen LogP contribution in [0.25, 0.3) is 10.6 Å². The first-order valence-corrected chi connectivity index (χ1v) is 8.61. The number of carbonyl (C=O) groups excluding carboxylic acids is 1. The second-order valence-corrected chi connectivity index (χ2v) is 6.65. The number of hydrogen-bond donors (Lipinski definition) is 1. The number of anilines is 1. The second kappa shape index (κ2) is 7.29. The van der Waals surface area contributed by atoms with Crippen LogP contribution in [-0.4, -0.2) is 20.7 Å². The Hall–Kier alpha value is -3.31. The topological polar surface area (TPSA) is 101 Å². The Kier molecular flexibility index (Phi) is 4.91. The Bertz CT molecular complexity index is 1060. The van der Waals surface area contributed by atoms with Crippen molar-refractivity contribution in [2.45, 2.75) is 20.4 Å². The zero-order chi connectivity index (χ0) is 18.7. The quantitative estimate of drug-likeness (QED) is 0.765. The minimum absolute atomic E-state index is 0.0469. The molecule has 0 radical (unpaired) electrons. The number of aryl methyl sites for hydroxylation is 2. The monoisotopic (exact) mass is 365 g/mol. The molecule has 1 aromatic carbocycles. The molecule has 0 saturated heterocycles. The van der Waals surface area contributed by atoms with Gasteiger partial charge in [-0.2, -0.15) is 5.26 Å². The van der Waals surface area contributed by atoms with Gasteiger partial charge >= 0.3 is 0 Å². The van der Waals surface area contributed by atoms with Crippen LogP contribution in [0.1, 0.15) is 16.8 Å². The maximum absolute atomic E-state index is 12.4. The van der Waals surface area contributed by atoms with Gasteiger partial charge in [-0.1, -0.05) is 41.7 Å². The molecule has 1 N–H and O–H groups in total. The van der Waals surface area contributed by atoms with Gasteiger partial charge in [-0.3, -0.25) is 14.9 Å². The highest BCUT2D eigenvalue weighted by Gasteiger charge is 2.14. The molecular formula is C18H15N5O2S. The van der Waals surface area contributed by atoms with Crippen LogP contribution in [0.3, 0.4) is 0 Å². The van der Waals surface area contributed by atoms with Crippen LogP contribution in [0.15, 0.2) is 41.2 Å². The van der Waals surface area contributed by atoms with Crippen LogP contribution in [0, 0.1) is 25.2 Å². The van der Waals surface area contributed by atoms with Crippen LogP contribution < -0.4 is 10.9 Å². The third-order valence-electron chi connectivity index (χ3n) is 3.81. The van der Waals surface area contributed by atoms with Crippen molar-refractivity contribution >= 4 is 22.4 Å². The molecule has 0 spiro atoms. The van der Waals surface area contributed by atoms with E-state index in [1.165, 1.54) is 15.9 Å². The largest absolute Gasteiger partial charge is 0.302 e. The summed E-state index contributed by atoms with van der Waals surface area (Å²) in [7, 11) is 0. The standard InChI is InChI=1S/C18H15N5O2S/c1-11-8-12(2)23(17(25)14(11)9-19)10-15(24)20-18-22-21-16(26-18)13-6-4-3-5-7-13/h3-8H,10H2,1-2H3,(H,20,22,24). The van der Waals surface area contributed by atoms with Gasteiger partial charge in [0.15, 0.2) is 0 Å². The van der Waals surface area contributed by atoms with Crippen molar-refractivity contribution in [2.24, 2.45) is 0 Å². The first-order chi connectivity index (χ1) is 12.5. The SMILES string of the molecule is Cc1cc(C)n(CC(=O)Nc2nnc(-c3ccccc3)s2)c(=O)c1C#N. The Labute approximate surface area is 153 Å². The smallest absolute Gasteiger partial charge is 0.269 e. The lowest BCUT2D eigenvalue weighted by molar-refractivity contribution is -0.116. The van der Waals surface area contributed by atoms with Gasteiger partial charge in [-0.15, -0.1) is 10.2 Å². The maximum Gasteiger partial charge on any atom is 0.269 e. The molecule has 2 aromatic heterocycles. The Morgan fingerprint density at radius 3 is 2.69 bits per heavy atom. The molecule has 3 aromatic rings. The summed E-state index contributed by atoms with van der Waals surface area (Å²) in [4.78, 5) is 24.7. The lowest BCUT2D eigenvalue weighted by atomic mass is 10.1. The highest BCUT2D eigenvalue weighted by Crippen LogP contribution is 2.25. The van der Waals surface area contributed by atoms with E-state index in [0.717, 1.165) is 5.56 Å². The van der Waals surface area contributed by atoms with Gasteiger partial charge in [0.25, 0.3) is 5.56 Å². The van der Waals surface area contributed by atoms with Crippen LogP contribution in [0.2, 0.25) is 0 Å². The number of aromatic nitrogens is 3. The van der Waals surface area contributed by atoms with E-state index in [4.69, 9.17) is 5.26 Å². The molecule has 7 nitrogen and oxygen atoms in total. The zero-order valence-corrected chi connectivity index (χ0v) is 15.0. The van der Waals surface area contributed by atoms with Gasteiger partial charge in [0.1, 0.15) is 23.2 Å². The van der Waals surface area contributed by atoms with Crippen molar-refractivity contribution in [1.29, 1.82) is 5.26 Å². The minimum Gasteiger partial charge on any atom is -0.302 e. The summed E-state index contributed by atoms with van der Waals surface area (Å²) >= 11 is 1.25. The summed E-state index contributed by atoms with van der Waals surface area (Å²) in [6, 6.07) is 13.1. The molecule has 0 aliphatic heterocycles. The second-order valence-electron chi connectivity index (χ2n) is 5.67. The predicted molar refractivity (Wildman–Crippen MR) is 98.9 cm³/mol. The highest BCUT2D eigenvalue weighted by molar-refractivity contribution is 7.18. The van der Waals surface area contributed by atoms with E-state index in [1.807, 2.05) is 36.4 Å². The number of nitrogens with zero attached hydrogens (tertiary/aromatic N) is 4. The van der Waals surface area contributed by atoms with Crippen molar-refractivity contribution in [1.82, 2.24) is 14.8 Å². The van der Waals surface area contributed by atoms with Gasteiger partial charge in [-0.05, 0) is 25.5 Å². The summed E-state index contributed by atoms with van der Waals surface area (Å²) in [5.41, 5.74) is 1.70. The van der Waals surface area contributed by atoms with E-state index < -0.39 is 11.5 Å². The van der Waals surface area contributed by atoms with E-state index in [9.17, 15) is 9.59 Å². The predicted octanol–water partition coefficient (Wildman–Crippen LogP) is 2.49. The first-order valence-electron chi connectivity index (χ1n) is 7.79. The van der Waals surface area contributed by atoms with Crippen LogP contribution in [0.5, 0.6) is 0 Å². The lowest BCUT2D eigenvalue weighted by Gasteiger charge is -2.11. The third-order valence-corrected chi connectivity index (χ3v) is 4.70. The summed E-state index contributed by atoms with van der Waals surface area (Å²) in [5.74, 6) is -0.404. The summed E-state index contributed by atoms with van der Waals surface area (Å²) < 4.78 is 1.28. The molecule has 0 saturated carbocycles. The normalized spacial score (nSPS) is 10.3. The molecule has 3 rings (SSSR count). The summed E-state index contributed by atoms with van der Waals surface area (Å²) in [6.45, 7) is 3.23. The molecule has 0 unspecified atom stereocenters. The molecule has 1 amide bonds. The Morgan fingerprint density at radius 2 is 2.00 bits per heavy atom. The minimum atomic E-state index is -0.470. The van der Waals surface area contributed by atoms with Gasteiger partial charge in [-0.25, -0.2) is 0 Å². The maximum atomic E-state index is 12.4. The molecule has 130 valence electrons. The van der Waals surface area contributed by atoms with E-state index in [-0.39, 0.29) is 12.1 Å². The van der Waals surface area contributed by atoms with Gasteiger partial charge in [0, 0.05) is 11.3 Å². The zero-order valence-electron chi connectivity index (χ0n) is 14.2. The molecule has 26 heavy (non-hydrogen) atoms. The van der Waals surface area contributed by atoms with Crippen molar-refractivity contribution in [3.63, 3.8) is 0 Å². The average molecular weight is 365 g/mol. The van der Waals surface area contributed by atoms with Crippen LogP contribution in [0.4, 0.5) is 5.13 Å². The van der Waals surface area contributed by atoms with E-state index >= 15 is 0 Å². The van der Waals surface area contributed by atoms with E-state index in [0.29, 0.717) is 21.4 Å². The molecule has 0 atom stereocenters.